The highest BCUT2D eigenvalue weighted by atomic mass is 79.9. The highest BCUT2D eigenvalue weighted by Gasteiger charge is 2.55. The lowest BCUT2D eigenvalue weighted by molar-refractivity contribution is -0.122. The van der Waals surface area contributed by atoms with Crippen LogP contribution in [0.15, 0.2) is 22.7 Å². The minimum Gasteiger partial charge on any atom is -0.360 e. The molecule has 0 spiro atoms. The Morgan fingerprint density at radius 1 is 1.21 bits per heavy atom. The molecular formula is C11H7Br2N3O3. The molecule has 1 aromatic carbocycles. The lowest BCUT2D eigenvalue weighted by atomic mass is 9.90. The smallest absolute Gasteiger partial charge is 0.322 e. The van der Waals surface area contributed by atoms with Crippen LogP contribution in [0, 0.1) is 0 Å². The molecule has 2 atom stereocenters. The molecule has 98 valence electrons. The highest BCUT2D eigenvalue weighted by molar-refractivity contribution is 9.10. The van der Waals surface area contributed by atoms with Crippen LogP contribution in [0.1, 0.15) is 10.4 Å². The van der Waals surface area contributed by atoms with Crippen LogP contribution in [0.4, 0.5) is 10.5 Å². The normalized spacial score (nSPS) is 28.7. The number of ketones is 1. The van der Waals surface area contributed by atoms with E-state index in [0.29, 0.717) is 11.3 Å². The van der Waals surface area contributed by atoms with Gasteiger partial charge in [0.1, 0.15) is 6.04 Å². The Balaban J connectivity index is 2.15. The first-order chi connectivity index (χ1) is 8.91. The largest absolute Gasteiger partial charge is 0.360 e. The van der Waals surface area contributed by atoms with Crippen molar-refractivity contribution in [2.75, 3.05) is 5.32 Å². The van der Waals surface area contributed by atoms with Gasteiger partial charge in [-0.2, -0.15) is 0 Å². The number of nitrogens with one attached hydrogen (secondary N) is 3. The van der Waals surface area contributed by atoms with Crippen LogP contribution in [0.3, 0.4) is 0 Å². The third-order valence-electron chi connectivity index (χ3n) is 3.06. The van der Waals surface area contributed by atoms with Crippen LogP contribution in [0.5, 0.6) is 0 Å². The van der Waals surface area contributed by atoms with Crippen molar-refractivity contribution in [1.29, 1.82) is 0 Å². The summed E-state index contributed by atoms with van der Waals surface area (Å²) in [4.78, 5) is 35.7. The van der Waals surface area contributed by atoms with Gasteiger partial charge in [0, 0.05) is 15.7 Å². The predicted molar refractivity (Wildman–Crippen MR) is 74.2 cm³/mol. The Labute approximate surface area is 124 Å². The van der Waals surface area contributed by atoms with Gasteiger partial charge < -0.3 is 10.6 Å². The van der Waals surface area contributed by atoms with E-state index in [4.69, 9.17) is 0 Å². The summed E-state index contributed by atoms with van der Waals surface area (Å²) in [6.45, 7) is 0. The number of alkyl halides is 1. The molecular weight excluding hydrogens is 382 g/mol. The van der Waals surface area contributed by atoms with Crippen molar-refractivity contribution in [3.05, 3.63) is 28.2 Å². The number of carbonyl (C=O) groups is 3. The van der Waals surface area contributed by atoms with Crippen LogP contribution in [0.2, 0.25) is 0 Å². The summed E-state index contributed by atoms with van der Waals surface area (Å²) in [5.74, 6) is -0.918. The number of imide groups is 1. The molecule has 3 N–H and O–H groups in total. The SMILES string of the molecule is O=C1NC(=O)[C@]2(Br)Nc3ccc(Br)cc3C(=O)[C@@H]2N1. The van der Waals surface area contributed by atoms with E-state index in [1.807, 2.05) is 0 Å². The fraction of sp³-hybridized carbons (Fsp3) is 0.182. The molecule has 1 fully saturated rings. The summed E-state index contributed by atoms with van der Waals surface area (Å²) >= 11 is 6.51. The van der Waals surface area contributed by atoms with E-state index in [1.54, 1.807) is 18.2 Å². The van der Waals surface area contributed by atoms with E-state index >= 15 is 0 Å². The third kappa shape index (κ3) is 1.78. The summed E-state index contributed by atoms with van der Waals surface area (Å²) in [5.41, 5.74) is 0.956. The van der Waals surface area contributed by atoms with Crippen LogP contribution in [-0.4, -0.2) is 28.2 Å². The molecule has 8 heteroatoms. The summed E-state index contributed by atoms with van der Waals surface area (Å²) in [5, 5.41) is 7.53. The Morgan fingerprint density at radius 2 is 1.95 bits per heavy atom. The van der Waals surface area contributed by atoms with E-state index in [0.717, 1.165) is 4.47 Å². The van der Waals surface area contributed by atoms with Gasteiger partial charge >= 0.3 is 6.03 Å². The number of hydrogen-bond donors (Lipinski definition) is 3. The molecule has 0 aromatic heterocycles. The Kier molecular flexibility index (Phi) is 2.68. The topological polar surface area (TPSA) is 87.3 Å². The molecule has 1 saturated heterocycles. The molecule has 3 rings (SSSR count). The van der Waals surface area contributed by atoms with Crippen molar-refractivity contribution in [3.63, 3.8) is 0 Å². The second kappa shape index (κ2) is 4.04. The van der Waals surface area contributed by atoms with Crippen LogP contribution in [0.25, 0.3) is 0 Å². The zero-order chi connectivity index (χ0) is 13.8. The zero-order valence-electron chi connectivity index (χ0n) is 9.29. The van der Waals surface area contributed by atoms with Gasteiger partial charge in [0.15, 0.2) is 5.78 Å². The molecule has 19 heavy (non-hydrogen) atoms. The first-order valence-corrected chi connectivity index (χ1v) is 6.93. The molecule has 0 unspecified atom stereocenters. The second-order valence-electron chi connectivity index (χ2n) is 4.25. The number of carbonyl (C=O) groups excluding carboxylic acids is 3. The number of Topliss-reactive ketones (excluding diaryl/α,β-unsaturated/α-hetero) is 1. The van der Waals surface area contributed by atoms with Crippen molar-refractivity contribution >= 4 is 55.3 Å². The minimum atomic E-state index is -1.36. The summed E-state index contributed by atoms with van der Waals surface area (Å²) < 4.78 is -0.617. The zero-order valence-corrected chi connectivity index (χ0v) is 12.5. The van der Waals surface area contributed by atoms with Crippen molar-refractivity contribution in [1.82, 2.24) is 10.6 Å². The van der Waals surface area contributed by atoms with E-state index in [1.165, 1.54) is 0 Å². The molecule has 0 saturated carbocycles. The maximum atomic E-state index is 12.4. The van der Waals surface area contributed by atoms with Gasteiger partial charge in [-0.25, -0.2) is 4.79 Å². The van der Waals surface area contributed by atoms with Gasteiger partial charge in [0.05, 0.1) is 0 Å². The maximum absolute atomic E-state index is 12.4. The molecule has 3 amide bonds. The molecule has 0 radical (unpaired) electrons. The van der Waals surface area contributed by atoms with Crippen molar-refractivity contribution in [2.45, 2.75) is 10.5 Å². The summed E-state index contributed by atoms with van der Waals surface area (Å²) in [7, 11) is 0. The van der Waals surface area contributed by atoms with E-state index < -0.39 is 22.4 Å². The molecule has 2 aliphatic heterocycles. The maximum Gasteiger partial charge on any atom is 0.322 e. The Bertz CT molecular complexity index is 634. The van der Waals surface area contributed by atoms with Crippen LogP contribution in [-0.2, 0) is 4.79 Å². The van der Waals surface area contributed by atoms with Gasteiger partial charge in [-0.3, -0.25) is 14.9 Å². The van der Waals surface area contributed by atoms with Gasteiger partial charge in [-0.05, 0) is 34.1 Å². The molecule has 0 bridgehead atoms. The Hall–Kier alpha value is -1.41. The molecule has 2 aliphatic rings. The molecule has 2 heterocycles. The Morgan fingerprint density at radius 3 is 2.68 bits per heavy atom. The van der Waals surface area contributed by atoms with Gasteiger partial charge in [0.2, 0.25) is 4.45 Å². The quantitative estimate of drug-likeness (QED) is 0.462. The monoisotopic (exact) mass is 387 g/mol. The number of halogens is 2. The summed E-state index contributed by atoms with van der Waals surface area (Å²) in [6, 6.07) is 3.43. The van der Waals surface area contributed by atoms with E-state index in [9.17, 15) is 14.4 Å². The molecule has 6 nitrogen and oxygen atoms in total. The highest BCUT2D eigenvalue weighted by Crippen LogP contribution is 2.37. The average molecular weight is 389 g/mol. The number of fused-ring (bicyclic) bond motifs is 2. The van der Waals surface area contributed by atoms with Gasteiger partial charge in [-0.1, -0.05) is 15.9 Å². The average Bonchev–Trinajstić information content (AvgIpc) is 2.34. The first-order valence-electron chi connectivity index (χ1n) is 5.34. The number of hydrogen-bond acceptors (Lipinski definition) is 4. The predicted octanol–water partition coefficient (Wildman–Crippen LogP) is 1.36. The van der Waals surface area contributed by atoms with E-state index in [2.05, 4.69) is 47.8 Å². The number of urea groups is 1. The van der Waals surface area contributed by atoms with Gasteiger partial charge in [0.25, 0.3) is 5.91 Å². The van der Waals surface area contributed by atoms with Crippen LogP contribution < -0.4 is 16.0 Å². The fourth-order valence-electron chi connectivity index (χ4n) is 2.15. The van der Waals surface area contributed by atoms with E-state index in [-0.39, 0.29) is 5.78 Å². The first kappa shape index (κ1) is 12.6. The van der Waals surface area contributed by atoms with Crippen LogP contribution >= 0.6 is 31.9 Å². The van der Waals surface area contributed by atoms with Gasteiger partial charge in [-0.15, -0.1) is 0 Å². The number of rotatable bonds is 0. The fourth-order valence-corrected chi connectivity index (χ4v) is 3.14. The molecule has 0 aliphatic carbocycles. The second-order valence-corrected chi connectivity index (χ2v) is 6.42. The third-order valence-corrected chi connectivity index (χ3v) is 4.57. The standard InChI is InChI=1S/C11H7Br2N3O3/c12-4-1-2-6-5(3-4)7(17)8-11(13,16-6)9(18)15-10(19)14-8/h1-3,8,16H,(H2,14,15,18,19)/t8-,11+/m0/s1. The lowest BCUT2D eigenvalue weighted by Crippen LogP contribution is -2.72. The number of anilines is 1. The lowest BCUT2D eigenvalue weighted by Gasteiger charge is -2.42. The van der Waals surface area contributed by atoms with Crippen molar-refractivity contribution in [3.8, 4) is 0 Å². The number of amides is 3. The molecule has 1 aromatic rings. The number of benzene rings is 1. The minimum absolute atomic E-state index is 0.324. The summed E-state index contributed by atoms with van der Waals surface area (Å²) in [6.07, 6.45) is 0. The van der Waals surface area contributed by atoms with Crippen molar-refractivity contribution in [2.24, 2.45) is 0 Å². The van der Waals surface area contributed by atoms with Crippen molar-refractivity contribution < 1.29 is 14.4 Å².